The fraction of sp³-hybridized carbons (Fsp3) is 0.545. The van der Waals surface area contributed by atoms with Gasteiger partial charge in [0.15, 0.2) is 0 Å². The number of rotatable bonds is 3. The fourth-order valence-corrected chi connectivity index (χ4v) is 5.08. The second kappa shape index (κ2) is 5.58. The average Bonchev–Trinajstić information content (AvgIpc) is 2.91. The highest BCUT2D eigenvalue weighted by Gasteiger charge is 2.54. The molecule has 0 spiro atoms. The summed E-state index contributed by atoms with van der Waals surface area (Å²) in [5, 5.41) is 11.8. The highest BCUT2D eigenvalue weighted by atomic mass is 32.2. The van der Waals surface area contributed by atoms with Gasteiger partial charge in [-0.15, -0.1) is 0 Å². The number of sulfonamides is 1. The molecule has 2 atom stereocenters. The van der Waals surface area contributed by atoms with E-state index in [0.717, 1.165) is 11.3 Å². The van der Waals surface area contributed by atoms with Gasteiger partial charge in [0.1, 0.15) is 6.04 Å². The van der Waals surface area contributed by atoms with Gasteiger partial charge in [-0.3, -0.25) is 4.79 Å². The fourth-order valence-electron chi connectivity index (χ4n) is 2.41. The van der Waals surface area contributed by atoms with Gasteiger partial charge in [0.05, 0.1) is 10.8 Å². The third-order valence-corrected chi connectivity index (χ3v) is 6.07. The zero-order valence-electron chi connectivity index (χ0n) is 10.6. The van der Waals surface area contributed by atoms with Crippen molar-refractivity contribution in [3.8, 4) is 0 Å². The molecule has 0 radical (unpaired) electrons. The Bertz CT molecular complexity index is 612. The molecule has 21 heavy (non-hydrogen) atoms. The molecule has 0 amide bonds. The van der Waals surface area contributed by atoms with Crippen LogP contribution >= 0.6 is 11.3 Å². The minimum Gasteiger partial charge on any atom is -0.480 e. The lowest BCUT2D eigenvalue weighted by Gasteiger charge is -2.38. The first kappa shape index (κ1) is 16.2. The number of piperidine rings is 1. The lowest BCUT2D eigenvalue weighted by atomic mass is 9.90. The number of carbonyl (C=O) groups is 1. The molecule has 0 bridgehead atoms. The van der Waals surface area contributed by atoms with Crippen LogP contribution in [0, 0.1) is 5.92 Å². The maximum absolute atomic E-state index is 13.0. The van der Waals surface area contributed by atoms with Gasteiger partial charge < -0.3 is 5.11 Å². The summed E-state index contributed by atoms with van der Waals surface area (Å²) < 4.78 is 64.1. The molecule has 1 N–H and O–H groups in total. The lowest BCUT2D eigenvalue weighted by molar-refractivity contribution is -0.201. The Balaban J connectivity index is 2.44. The number of alkyl halides is 3. The predicted octanol–water partition coefficient (Wildman–Crippen LogP) is 2.16. The molecule has 10 heteroatoms. The van der Waals surface area contributed by atoms with Gasteiger partial charge in [-0.1, -0.05) is 0 Å². The molecule has 0 saturated carbocycles. The normalized spacial score (nSPS) is 24.9. The number of thiophene rings is 1. The van der Waals surface area contributed by atoms with Crippen LogP contribution in [0.3, 0.4) is 0 Å². The third-order valence-electron chi connectivity index (χ3n) is 3.36. The zero-order valence-corrected chi connectivity index (χ0v) is 12.2. The highest BCUT2D eigenvalue weighted by molar-refractivity contribution is 7.89. The molecular weight excluding hydrogens is 331 g/mol. The average molecular weight is 343 g/mol. The molecule has 2 rings (SSSR count). The first-order valence-corrected chi connectivity index (χ1v) is 8.37. The first-order valence-electron chi connectivity index (χ1n) is 5.99. The molecule has 5 nitrogen and oxygen atoms in total. The van der Waals surface area contributed by atoms with Gasteiger partial charge in [-0.2, -0.15) is 28.8 Å². The van der Waals surface area contributed by atoms with Crippen molar-refractivity contribution in [3.05, 3.63) is 16.8 Å². The van der Waals surface area contributed by atoms with Gasteiger partial charge in [0.2, 0.25) is 10.0 Å². The van der Waals surface area contributed by atoms with Crippen LogP contribution in [0.15, 0.2) is 21.7 Å². The summed E-state index contributed by atoms with van der Waals surface area (Å²) in [5.74, 6) is -3.98. The van der Waals surface area contributed by atoms with Crippen LogP contribution in [0.25, 0.3) is 0 Å². The number of hydrogen-bond acceptors (Lipinski definition) is 4. The van der Waals surface area contributed by atoms with E-state index in [2.05, 4.69) is 0 Å². The van der Waals surface area contributed by atoms with Gasteiger partial charge in [-0.25, -0.2) is 8.42 Å². The molecule has 0 aromatic carbocycles. The molecule has 0 unspecified atom stereocenters. The number of aliphatic carboxylic acids is 1. The van der Waals surface area contributed by atoms with Crippen LogP contribution in [-0.2, 0) is 14.8 Å². The predicted molar refractivity (Wildman–Crippen MR) is 68.4 cm³/mol. The summed E-state index contributed by atoms with van der Waals surface area (Å²) in [7, 11) is -4.24. The molecule has 1 aromatic rings. The van der Waals surface area contributed by atoms with E-state index in [1.165, 1.54) is 16.8 Å². The number of nitrogens with zero attached hydrogens (tertiary/aromatic N) is 1. The Morgan fingerprint density at radius 1 is 1.43 bits per heavy atom. The smallest absolute Gasteiger partial charge is 0.393 e. The largest absolute Gasteiger partial charge is 0.480 e. The van der Waals surface area contributed by atoms with E-state index < -0.39 is 40.5 Å². The van der Waals surface area contributed by atoms with Crippen molar-refractivity contribution >= 4 is 27.3 Å². The molecule has 1 aromatic heterocycles. The highest BCUT2D eigenvalue weighted by Crippen LogP contribution is 2.39. The van der Waals surface area contributed by atoms with Crippen LogP contribution in [0.1, 0.15) is 12.8 Å². The number of halogens is 3. The van der Waals surface area contributed by atoms with Crippen molar-refractivity contribution in [1.29, 1.82) is 0 Å². The second-order valence-corrected chi connectivity index (χ2v) is 7.32. The van der Waals surface area contributed by atoms with Crippen LogP contribution in [0.5, 0.6) is 0 Å². The summed E-state index contributed by atoms with van der Waals surface area (Å²) in [6, 6.07) is -0.875. The molecular formula is C11H12F3NO4S2. The van der Waals surface area contributed by atoms with Crippen LogP contribution in [0.2, 0.25) is 0 Å². The minimum absolute atomic E-state index is 0.0304. The molecule has 1 fully saturated rings. The van der Waals surface area contributed by atoms with Gasteiger partial charge in [0, 0.05) is 11.9 Å². The summed E-state index contributed by atoms with van der Waals surface area (Å²) in [6.45, 7) is -0.234. The molecule has 118 valence electrons. The Labute approximate surface area is 123 Å². The Morgan fingerprint density at radius 3 is 2.57 bits per heavy atom. The van der Waals surface area contributed by atoms with Gasteiger partial charge in [0.25, 0.3) is 0 Å². The summed E-state index contributed by atoms with van der Waals surface area (Å²) in [6.07, 6.45) is -5.18. The standard InChI is InChI=1S/C11H12F3NO4S2/c12-11(13,14)8-2-1-4-15(9(8)10(16)17)21(18,19)7-3-5-20-6-7/h3,5-6,8-9H,1-2,4H2,(H,16,17)/t8-,9+/m1/s1. The Morgan fingerprint density at radius 2 is 2.10 bits per heavy atom. The molecule has 2 heterocycles. The van der Waals surface area contributed by atoms with E-state index in [1.54, 1.807) is 0 Å². The quantitative estimate of drug-likeness (QED) is 0.913. The van der Waals surface area contributed by atoms with Crippen LogP contribution in [-0.4, -0.2) is 42.6 Å². The van der Waals surface area contributed by atoms with Crippen molar-refractivity contribution in [2.24, 2.45) is 5.92 Å². The number of carboxylic acid groups (broad SMARTS) is 1. The lowest BCUT2D eigenvalue weighted by Crippen LogP contribution is -2.56. The first-order chi connectivity index (χ1) is 9.65. The maximum Gasteiger partial charge on any atom is 0.393 e. The summed E-state index contributed by atoms with van der Waals surface area (Å²) in [5.41, 5.74) is 0. The molecule has 1 saturated heterocycles. The monoisotopic (exact) mass is 343 g/mol. The zero-order chi connectivity index (χ0) is 15.8. The van der Waals surface area contributed by atoms with Crippen molar-refractivity contribution in [1.82, 2.24) is 4.31 Å². The number of carboxylic acids is 1. The summed E-state index contributed by atoms with van der Waals surface area (Å²) >= 11 is 1.07. The van der Waals surface area contributed by atoms with E-state index in [-0.39, 0.29) is 17.9 Å². The van der Waals surface area contributed by atoms with Crippen molar-refractivity contribution in [2.45, 2.75) is 30.0 Å². The van der Waals surface area contributed by atoms with Crippen LogP contribution in [0.4, 0.5) is 13.2 Å². The van der Waals surface area contributed by atoms with E-state index in [9.17, 15) is 26.4 Å². The van der Waals surface area contributed by atoms with E-state index >= 15 is 0 Å². The van der Waals surface area contributed by atoms with Crippen LogP contribution < -0.4 is 0 Å². The topological polar surface area (TPSA) is 74.7 Å². The molecule has 1 aliphatic heterocycles. The number of hydrogen-bond donors (Lipinski definition) is 1. The van der Waals surface area contributed by atoms with Crippen molar-refractivity contribution in [2.75, 3.05) is 6.54 Å². The maximum atomic E-state index is 13.0. The van der Waals surface area contributed by atoms with Gasteiger partial charge >= 0.3 is 12.1 Å². The SMILES string of the molecule is O=C(O)[C@@H]1[C@H](C(F)(F)F)CCCN1S(=O)(=O)c1ccsc1. The van der Waals surface area contributed by atoms with E-state index in [0.29, 0.717) is 4.31 Å². The molecule has 0 aliphatic carbocycles. The van der Waals surface area contributed by atoms with Crippen molar-refractivity contribution in [3.63, 3.8) is 0 Å². The summed E-state index contributed by atoms with van der Waals surface area (Å²) in [4.78, 5) is 11.1. The minimum atomic E-state index is -4.76. The Hall–Kier alpha value is -1.13. The van der Waals surface area contributed by atoms with E-state index in [1.807, 2.05) is 0 Å². The second-order valence-electron chi connectivity index (χ2n) is 4.65. The molecule has 1 aliphatic rings. The third kappa shape index (κ3) is 3.06. The van der Waals surface area contributed by atoms with Crippen molar-refractivity contribution < 1.29 is 31.5 Å². The Kier molecular flexibility index (Phi) is 4.31. The van der Waals surface area contributed by atoms with E-state index in [4.69, 9.17) is 5.11 Å². The van der Waals surface area contributed by atoms with Gasteiger partial charge in [-0.05, 0) is 24.3 Å².